The molecule has 19 heavy (non-hydrogen) atoms. The molecule has 110 valence electrons. The normalized spacial score (nSPS) is 18.8. The Morgan fingerprint density at radius 3 is 2.58 bits per heavy atom. The summed E-state index contributed by atoms with van der Waals surface area (Å²) in [5.41, 5.74) is 0. The van der Waals surface area contributed by atoms with Crippen LogP contribution in [0.3, 0.4) is 0 Å². The SMILES string of the molecule is C=CCC(CC=C)C(=O)N1CCCC(CNC)C1.Cl. The van der Waals surface area contributed by atoms with E-state index in [2.05, 4.69) is 18.5 Å². The van der Waals surface area contributed by atoms with Gasteiger partial charge in [-0.2, -0.15) is 0 Å². The predicted molar refractivity (Wildman–Crippen MR) is 83.6 cm³/mol. The minimum absolute atomic E-state index is 0. The van der Waals surface area contributed by atoms with Crippen molar-refractivity contribution in [3.05, 3.63) is 25.3 Å². The topological polar surface area (TPSA) is 32.3 Å². The molecule has 1 rings (SSSR count). The number of amides is 1. The van der Waals surface area contributed by atoms with Crippen LogP contribution in [-0.4, -0.2) is 37.5 Å². The standard InChI is InChI=1S/C15H26N2O.ClH/c1-4-7-14(8-5-2)15(18)17-10-6-9-13(12-17)11-16-3;/h4-5,13-14,16H,1-2,6-12H2,3H3;1H. The second-order valence-corrected chi connectivity index (χ2v) is 5.10. The first-order chi connectivity index (χ1) is 8.72. The molecule has 1 fully saturated rings. The fourth-order valence-corrected chi connectivity index (χ4v) is 2.68. The van der Waals surface area contributed by atoms with E-state index in [0.29, 0.717) is 5.92 Å². The number of hydrogen-bond donors (Lipinski definition) is 1. The first kappa shape index (κ1) is 18.2. The zero-order valence-corrected chi connectivity index (χ0v) is 12.8. The maximum absolute atomic E-state index is 12.4. The first-order valence-electron chi connectivity index (χ1n) is 6.88. The van der Waals surface area contributed by atoms with Crippen LogP contribution < -0.4 is 5.32 Å². The molecule has 0 aromatic heterocycles. The van der Waals surface area contributed by atoms with Crippen LogP contribution in [0.2, 0.25) is 0 Å². The third kappa shape index (κ3) is 5.79. The summed E-state index contributed by atoms with van der Waals surface area (Å²) in [5, 5.41) is 3.21. The van der Waals surface area contributed by atoms with Crippen LogP contribution in [0.4, 0.5) is 0 Å². The molecule has 1 atom stereocenters. The molecule has 0 radical (unpaired) electrons. The lowest BCUT2D eigenvalue weighted by atomic mass is 9.94. The number of hydrogen-bond acceptors (Lipinski definition) is 2. The third-order valence-corrected chi connectivity index (χ3v) is 3.58. The highest BCUT2D eigenvalue weighted by molar-refractivity contribution is 5.85. The van der Waals surface area contributed by atoms with Gasteiger partial charge in [-0.3, -0.25) is 4.79 Å². The Hall–Kier alpha value is -0.800. The summed E-state index contributed by atoms with van der Waals surface area (Å²) in [6, 6.07) is 0. The van der Waals surface area contributed by atoms with E-state index in [4.69, 9.17) is 0 Å². The van der Waals surface area contributed by atoms with E-state index in [1.165, 1.54) is 6.42 Å². The highest BCUT2D eigenvalue weighted by Gasteiger charge is 2.27. The van der Waals surface area contributed by atoms with Crippen LogP contribution in [0, 0.1) is 11.8 Å². The molecule has 1 unspecified atom stereocenters. The van der Waals surface area contributed by atoms with Crippen LogP contribution in [0.5, 0.6) is 0 Å². The van der Waals surface area contributed by atoms with Crippen molar-refractivity contribution < 1.29 is 4.79 Å². The van der Waals surface area contributed by atoms with Crippen molar-refractivity contribution in [3.8, 4) is 0 Å². The Morgan fingerprint density at radius 2 is 2.05 bits per heavy atom. The molecule has 0 aromatic carbocycles. The minimum atomic E-state index is 0. The Bertz CT molecular complexity index is 282. The number of likely N-dealkylation sites (tertiary alicyclic amines) is 1. The Morgan fingerprint density at radius 1 is 1.42 bits per heavy atom. The van der Waals surface area contributed by atoms with Gasteiger partial charge in [0.15, 0.2) is 0 Å². The second kappa shape index (κ2) is 10.0. The Kier molecular flexibility index (Phi) is 9.62. The van der Waals surface area contributed by atoms with Gasteiger partial charge in [-0.15, -0.1) is 25.6 Å². The minimum Gasteiger partial charge on any atom is -0.342 e. The molecule has 1 amide bonds. The Labute approximate surface area is 123 Å². The third-order valence-electron chi connectivity index (χ3n) is 3.58. The quantitative estimate of drug-likeness (QED) is 0.730. The van der Waals surface area contributed by atoms with E-state index in [1.54, 1.807) is 0 Å². The summed E-state index contributed by atoms with van der Waals surface area (Å²) in [5.74, 6) is 0.907. The average Bonchev–Trinajstić information content (AvgIpc) is 2.38. The van der Waals surface area contributed by atoms with Crippen molar-refractivity contribution in [1.82, 2.24) is 10.2 Å². The number of allylic oxidation sites excluding steroid dienone is 2. The molecule has 0 bridgehead atoms. The van der Waals surface area contributed by atoms with Crippen LogP contribution in [0.1, 0.15) is 25.7 Å². The molecular formula is C15H27ClN2O. The molecule has 1 N–H and O–H groups in total. The maximum atomic E-state index is 12.4. The van der Waals surface area contributed by atoms with Crippen LogP contribution in [0.15, 0.2) is 25.3 Å². The molecule has 4 heteroatoms. The molecule has 0 aromatic rings. The number of piperidine rings is 1. The average molecular weight is 287 g/mol. The van der Waals surface area contributed by atoms with Crippen LogP contribution in [0.25, 0.3) is 0 Å². The highest BCUT2D eigenvalue weighted by Crippen LogP contribution is 2.20. The van der Waals surface area contributed by atoms with Gasteiger partial charge in [-0.05, 0) is 45.2 Å². The van der Waals surface area contributed by atoms with Gasteiger partial charge in [0.25, 0.3) is 0 Å². The van der Waals surface area contributed by atoms with Crippen LogP contribution in [-0.2, 0) is 4.79 Å². The van der Waals surface area contributed by atoms with E-state index < -0.39 is 0 Å². The van der Waals surface area contributed by atoms with E-state index in [-0.39, 0.29) is 24.2 Å². The smallest absolute Gasteiger partial charge is 0.226 e. The number of halogens is 1. The van der Waals surface area contributed by atoms with Crippen molar-refractivity contribution in [2.75, 3.05) is 26.7 Å². The van der Waals surface area contributed by atoms with Gasteiger partial charge in [0.2, 0.25) is 5.91 Å². The molecule has 1 aliphatic rings. The zero-order chi connectivity index (χ0) is 13.4. The summed E-state index contributed by atoms with van der Waals surface area (Å²) >= 11 is 0. The van der Waals surface area contributed by atoms with Crippen molar-refractivity contribution >= 4 is 18.3 Å². The monoisotopic (exact) mass is 286 g/mol. The summed E-state index contributed by atoms with van der Waals surface area (Å²) in [4.78, 5) is 14.5. The number of nitrogens with one attached hydrogen (secondary N) is 1. The van der Waals surface area contributed by atoms with Crippen molar-refractivity contribution in [2.24, 2.45) is 11.8 Å². The number of nitrogens with zero attached hydrogens (tertiary/aromatic N) is 1. The molecule has 1 heterocycles. The molecule has 0 saturated carbocycles. The first-order valence-corrected chi connectivity index (χ1v) is 6.88. The van der Waals surface area contributed by atoms with E-state index >= 15 is 0 Å². The molecule has 1 aliphatic heterocycles. The number of carbonyl (C=O) groups excluding carboxylic acids is 1. The zero-order valence-electron chi connectivity index (χ0n) is 11.9. The molecular weight excluding hydrogens is 260 g/mol. The highest BCUT2D eigenvalue weighted by atomic mass is 35.5. The summed E-state index contributed by atoms with van der Waals surface area (Å²) in [7, 11) is 1.97. The number of carbonyl (C=O) groups is 1. The lowest BCUT2D eigenvalue weighted by molar-refractivity contribution is -0.137. The molecule has 0 aliphatic carbocycles. The van der Waals surface area contributed by atoms with E-state index in [0.717, 1.165) is 38.9 Å². The Balaban J connectivity index is 0.00000324. The van der Waals surface area contributed by atoms with Gasteiger partial charge in [0.1, 0.15) is 0 Å². The summed E-state index contributed by atoms with van der Waals surface area (Å²) in [6.07, 6.45) is 7.50. The van der Waals surface area contributed by atoms with Gasteiger partial charge < -0.3 is 10.2 Å². The summed E-state index contributed by atoms with van der Waals surface area (Å²) in [6.45, 7) is 10.3. The van der Waals surface area contributed by atoms with Gasteiger partial charge in [0, 0.05) is 19.0 Å². The van der Waals surface area contributed by atoms with Gasteiger partial charge in [-0.1, -0.05) is 12.2 Å². The van der Waals surface area contributed by atoms with Crippen LogP contribution >= 0.6 is 12.4 Å². The van der Waals surface area contributed by atoms with E-state index in [1.807, 2.05) is 24.1 Å². The van der Waals surface area contributed by atoms with Crippen molar-refractivity contribution in [2.45, 2.75) is 25.7 Å². The fraction of sp³-hybridized carbons (Fsp3) is 0.667. The van der Waals surface area contributed by atoms with E-state index in [9.17, 15) is 4.79 Å². The molecule has 3 nitrogen and oxygen atoms in total. The van der Waals surface area contributed by atoms with Gasteiger partial charge in [0.05, 0.1) is 0 Å². The largest absolute Gasteiger partial charge is 0.342 e. The molecule has 0 spiro atoms. The molecule has 1 saturated heterocycles. The predicted octanol–water partition coefficient (Wildman–Crippen LogP) is 2.63. The number of rotatable bonds is 7. The fourth-order valence-electron chi connectivity index (χ4n) is 2.68. The van der Waals surface area contributed by atoms with Crippen molar-refractivity contribution in [3.63, 3.8) is 0 Å². The maximum Gasteiger partial charge on any atom is 0.226 e. The van der Waals surface area contributed by atoms with Gasteiger partial charge >= 0.3 is 0 Å². The summed E-state index contributed by atoms with van der Waals surface area (Å²) < 4.78 is 0. The second-order valence-electron chi connectivity index (χ2n) is 5.10. The van der Waals surface area contributed by atoms with Gasteiger partial charge in [-0.25, -0.2) is 0 Å². The lowest BCUT2D eigenvalue weighted by Crippen LogP contribution is -2.44. The lowest BCUT2D eigenvalue weighted by Gasteiger charge is -2.34. The van der Waals surface area contributed by atoms with Crippen molar-refractivity contribution in [1.29, 1.82) is 0 Å².